The van der Waals surface area contributed by atoms with Crippen molar-refractivity contribution >= 4 is 5.82 Å². The molecule has 0 saturated carbocycles. The molecule has 78 valence electrons. The highest BCUT2D eigenvalue weighted by molar-refractivity contribution is 5.29. The maximum atomic E-state index is 5.40. The van der Waals surface area contributed by atoms with Crippen LogP contribution < -0.4 is 10.5 Å². The van der Waals surface area contributed by atoms with Crippen LogP contribution in [0.1, 0.15) is 6.92 Å². The maximum Gasteiger partial charge on any atom is 0.239 e. The van der Waals surface area contributed by atoms with Crippen molar-refractivity contribution in [1.29, 1.82) is 0 Å². The Morgan fingerprint density at radius 1 is 1.40 bits per heavy atom. The molecule has 0 aliphatic carbocycles. The van der Waals surface area contributed by atoms with Crippen LogP contribution in [0.25, 0.3) is 0 Å². The molecule has 2 heterocycles. The standard InChI is InChI=1S/C9H11N5O/c1-2-14-6-7(5-11-14)15-9-4-3-8(10)12-13-9/h3-6H,2H2,1H3,(H2,10,12). The zero-order valence-electron chi connectivity index (χ0n) is 8.29. The van der Waals surface area contributed by atoms with Gasteiger partial charge in [0.05, 0.1) is 12.4 Å². The third kappa shape index (κ3) is 2.22. The number of nitrogens with zero attached hydrogens (tertiary/aromatic N) is 4. The summed E-state index contributed by atoms with van der Waals surface area (Å²) in [7, 11) is 0. The smallest absolute Gasteiger partial charge is 0.239 e. The lowest BCUT2D eigenvalue weighted by atomic mass is 10.5. The minimum absolute atomic E-state index is 0.367. The zero-order chi connectivity index (χ0) is 10.7. The Bertz CT molecular complexity index is 436. The van der Waals surface area contributed by atoms with Gasteiger partial charge in [0.15, 0.2) is 5.75 Å². The summed E-state index contributed by atoms with van der Waals surface area (Å²) in [6, 6.07) is 3.29. The van der Waals surface area contributed by atoms with Crippen LogP contribution in [0.3, 0.4) is 0 Å². The van der Waals surface area contributed by atoms with Crippen LogP contribution in [0.4, 0.5) is 5.82 Å². The average Bonchev–Trinajstić information content (AvgIpc) is 2.69. The highest BCUT2D eigenvalue weighted by Gasteiger charge is 2.01. The minimum Gasteiger partial charge on any atom is -0.434 e. The molecular formula is C9H11N5O. The van der Waals surface area contributed by atoms with Gasteiger partial charge < -0.3 is 10.5 Å². The van der Waals surface area contributed by atoms with E-state index in [1.54, 1.807) is 29.2 Å². The first-order valence-corrected chi connectivity index (χ1v) is 4.57. The number of rotatable bonds is 3. The van der Waals surface area contributed by atoms with Gasteiger partial charge in [-0.25, -0.2) is 0 Å². The van der Waals surface area contributed by atoms with Gasteiger partial charge >= 0.3 is 0 Å². The van der Waals surface area contributed by atoms with Crippen molar-refractivity contribution in [2.45, 2.75) is 13.5 Å². The summed E-state index contributed by atoms with van der Waals surface area (Å²) < 4.78 is 7.17. The number of hydrogen-bond acceptors (Lipinski definition) is 5. The Morgan fingerprint density at radius 2 is 2.27 bits per heavy atom. The molecule has 0 unspecified atom stereocenters. The fourth-order valence-electron chi connectivity index (χ4n) is 1.08. The van der Waals surface area contributed by atoms with Crippen molar-refractivity contribution in [2.24, 2.45) is 0 Å². The second-order valence-corrected chi connectivity index (χ2v) is 2.93. The highest BCUT2D eigenvalue weighted by Crippen LogP contribution is 2.17. The van der Waals surface area contributed by atoms with E-state index in [2.05, 4.69) is 15.3 Å². The molecular weight excluding hydrogens is 194 g/mol. The predicted octanol–water partition coefficient (Wildman–Crippen LogP) is 1.07. The quantitative estimate of drug-likeness (QED) is 0.810. The fourth-order valence-corrected chi connectivity index (χ4v) is 1.08. The SMILES string of the molecule is CCn1cc(Oc2ccc(N)nn2)cn1. The summed E-state index contributed by atoms with van der Waals surface area (Å²) >= 11 is 0. The van der Waals surface area contributed by atoms with Crippen molar-refractivity contribution in [3.63, 3.8) is 0 Å². The number of aromatic nitrogens is 4. The van der Waals surface area contributed by atoms with Gasteiger partial charge in [-0.3, -0.25) is 4.68 Å². The fraction of sp³-hybridized carbons (Fsp3) is 0.222. The Hall–Kier alpha value is -2.11. The molecule has 0 aliphatic heterocycles. The number of nitrogens with two attached hydrogens (primary N) is 1. The Labute approximate surface area is 86.7 Å². The third-order valence-electron chi connectivity index (χ3n) is 1.82. The molecule has 0 spiro atoms. The number of aryl methyl sites for hydroxylation is 1. The molecule has 2 N–H and O–H groups in total. The topological polar surface area (TPSA) is 78.9 Å². The summed E-state index contributed by atoms with van der Waals surface area (Å²) in [5.41, 5.74) is 5.40. The van der Waals surface area contributed by atoms with Crippen LogP contribution in [-0.4, -0.2) is 20.0 Å². The number of anilines is 1. The normalized spacial score (nSPS) is 10.2. The average molecular weight is 205 g/mol. The highest BCUT2D eigenvalue weighted by atomic mass is 16.5. The largest absolute Gasteiger partial charge is 0.434 e. The first-order chi connectivity index (χ1) is 7.28. The van der Waals surface area contributed by atoms with Crippen LogP contribution in [0.2, 0.25) is 0 Å². The number of ether oxygens (including phenoxy) is 1. The lowest BCUT2D eigenvalue weighted by Gasteiger charge is -1.99. The van der Waals surface area contributed by atoms with Gasteiger partial charge in [-0.2, -0.15) is 5.10 Å². The number of hydrogen-bond donors (Lipinski definition) is 1. The van der Waals surface area contributed by atoms with Crippen LogP contribution in [0, 0.1) is 0 Å². The van der Waals surface area contributed by atoms with Gasteiger partial charge in [0.25, 0.3) is 0 Å². The Morgan fingerprint density at radius 3 is 2.87 bits per heavy atom. The van der Waals surface area contributed by atoms with Crippen molar-refractivity contribution in [2.75, 3.05) is 5.73 Å². The Balaban J connectivity index is 2.11. The lowest BCUT2D eigenvalue weighted by molar-refractivity contribution is 0.454. The van der Waals surface area contributed by atoms with Gasteiger partial charge in [-0.05, 0) is 13.0 Å². The summed E-state index contributed by atoms with van der Waals surface area (Å²) in [5.74, 6) is 1.40. The molecule has 0 bridgehead atoms. The van der Waals surface area contributed by atoms with E-state index in [-0.39, 0.29) is 0 Å². The van der Waals surface area contributed by atoms with Crippen molar-refractivity contribution in [3.05, 3.63) is 24.5 Å². The molecule has 15 heavy (non-hydrogen) atoms. The molecule has 0 atom stereocenters. The molecule has 6 heteroatoms. The van der Waals surface area contributed by atoms with Crippen molar-refractivity contribution in [1.82, 2.24) is 20.0 Å². The first kappa shape index (κ1) is 9.45. The van der Waals surface area contributed by atoms with Crippen molar-refractivity contribution in [3.8, 4) is 11.6 Å². The second-order valence-electron chi connectivity index (χ2n) is 2.93. The lowest BCUT2D eigenvalue weighted by Crippen LogP contribution is -1.94. The molecule has 0 radical (unpaired) electrons. The van der Waals surface area contributed by atoms with E-state index < -0.39 is 0 Å². The molecule has 0 aliphatic rings. The van der Waals surface area contributed by atoms with Gasteiger partial charge in [-0.15, -0.1) is 10.2 Å². The van der Waals surface area contributed by atoms with E-state index in [9.17, 15) is 0 Å². The summed E-state index contributed by atoms with van der Waals surface area (Å²) in [5, 5.41) is 11.5. The monoisotopic (exact) mass is 205 g/mol. The molecule has 6 nitrogen and oxygen atoms in total. The minimum atomic E-state index is 0.367. The maximum absolute atomic E-state index is 5.40. The van der Waals surface area contributed by atoms with Crippen LogP contribution >= 0.6 is 0 Å². The third-order valence-corrected chi connectivity index (χ3v) is 1.82. The molecule has 2 rings (SSSR count). The van der Waals surface area contributed by atoms with E-state index in [1.807, 2.05) is 6.92 Å². The predicted molar refractivity (Wildman–Crippen MR) is 54.4 cm³/mol. The van der Waals surface area contributed by atoms with Gasteiger partial charge in [0, 0.05) is 12.6 Å². The van der Waals surface area contributed by atoms with Gasteiger partial charge in [0.1, 0.15) is 5.82 Å². The summed E-state index contributed by atoms with van der Waals surface area (Å²) in [6.45, 7) is 2.80. The molecule has 0 aromatic carbocycles. The van der Waals surface area contributed by atoms with Crippen LogP contribution in [-0.2, 0) is 6.54 Å². The molecule has 0 fully saturated rings. The van der Waals surface area contributed by atoms with E-state index in [4.69, 9.17) is 10.5 Å². The molecule has 2 aromatic heterocycles. The van der Waals surface area contributed by atoms with E-state index in [1.165, 1.54) is 0 Å². The molecule has 2 aromatic rings. The zero-order valence-corrected chi connectivity index (χ0v) is 8.29. The summed E-state index contributed by atoms with van der Waals surface area (Å²) in [4.78, 5) is 0. The molecule has 0 amide bonds. The van der Waals surface area contributed by atoms with Gasteiger partial charge in [0.2, 0.25) is 5.88 Å². The van der Waals surface area contributed by atoms with Crippen LogP contribution in [0.15, 0.2) is 24.5 Å². The van der Waals surface area contributed by atoms with Crippen molar-refractivity contribution < 1.29 is 4.74 Å². The van der Waals surface area contributed by atoms with Gasteiger partial charge in [-0.1, -0.05) is 0 Å². The van der Waals surface area contributed by atoms with E-state index in [0.29, 0.717) is 17.4 Å². The van der Waals surface area contributed by atoms with E-state index >= 15 is 0 Å². The van der Waals surface area contributed by atoms with E-state index in [0.717, 1.165) is 6.54 Å². The first-order valence-electron chi connectivity index (χ1n) is 4.57. The summed E-state index contributed by atoms with van der Waals surface area (Å²) in [6.07, 6.45) is 3.42. The second kappa shape index (κ2) is 3.95. The molecule has 0 saturated heterocycles. The Kier molecular flexibility index (Phi) is 2.49. The van der Waals surface area contributed by atoms with Crippen LogP contribution in [0.5, 0.6) is 11.6 Å². The number of nitrogen functional groups attached to an aromatic ring is 1.